The maximum atomic E-state index is 14.6. The molecule has 1 N–H and O–H groups in total. The molecule has 1 aliphatic rings. The Bertz CT molecular complexity index is 995. The van der Waals surface area contributed by atoms with Crippen molar-refractivity contribution in [3.05, 3.63) is 75.5 Å². The number of rotatable bonds is 6. The second-order valence-electron chi connectivity index (χ2n) is 8.85. The summed E-state index contributed by atoms with van der Waals surface area (Å²) >= 11 is 6.20. The zero-order valence-electron chi connectivity index (χ0n) is 19.0. The van der Waals surface area contributed by atoms with Crippen molar-refractivity contribution in [3.63, 3.8) is 0 Å². The zero-order chi connectivity index (χ0) is 23.5. The van der Waals surface area contributed by atoms with Crippen molar-refractivity contribution in [1.29, 1.82) is 0 Å². The number of hydrogen-bond acceptors (Lipinski definition) is 4. The SMILES string of the molecule is Cc1cc(F)c(C=C(CNC(=O)OCc2ccccc2)B2OC(C)(C)C(C)(C)O2)cc1Cl. The van der Waals surface area contributed by atoms with Gasteiger partial charge in [0.2, 0.25) is 0 Å². The van der Waals surface area contributed by atoms with Gasteiger partial charge in [-0.3, -0.25) is 0 Å². The van der Waals surface area contributed by atoms with Crippen LogP contribution in [-0.4, -0.2) is 31.0 Å². The lowest BCUT2D eigenvalue weighted by atomic mass is 9.77. The van der Waals surface area contributed by atoms with Crippen LogP contribution in [0.1, 0.15) is 44.4 Å². The third-order valence-corrected chi connectivity index (χ3v) is 6.23. The molecule has 32 heavy (non-hydrogen) atoms. The average molecular weight is 460 g/mol. The van der Waals surface area contributed by atoms with Crippen molar-refractivity contribution in [2.45, 2.75) is 52.4 Å². The fourth-order valence-corrected chi connectivity index (χ4v) is 3.29. The molecule has 0 spiro atoms. The molecule has 3 rings (SSSR count). The van der Waals surface area contributed by atoms with Gasteiger partial charge >= 0.3 is 13.2 Å². The molecule has 1 heterocycles. The van der Waals surface area contributed by atoms with Crippen molar-refractivity contribution in [1.82, 2.24) is 5.32 Å². The third-order valence-electron chi connectivity index (χ3n) is 5.82. The van der Waals surface area contributed by atoms with E-state index in [-0.39, 0.29) is 18.7 Å². The quantitative estimate of drug-likeness (QED) is 0.561. The lowest BCUT2D eigenvalue weighted by molar-refractivity contribution is 0.00578. The van der Waals surface area contributed by atoms with Gasteiger partial charge in [0.25, 0.3) is 0 Å². The largest absolute Gasteiger partial charge is 0.492 e. The summed E-state index contributed by atoms with van der Waals surface area (Å²) in [6, 6.07) is 12.3. The summed E-state index contributed by atoms with van der Waals surface area (Å²) in [4.78, 5) is 12.3. The minimum Gasteiger partial charge on any atom is -0.445 e. The lowest BCUT2D eigenvalue weighted by Crippen LogP contribution is -2.41. The van der Waals surface area contributed by atoms with E-state index in [1.165, 1.54) is 6.07 Å². The average Bonchev–Trinajstić information content (AvgIpc) is 2.95. The second-order valence-corrected chi connectivity index (χ2v) is 9.25. The molecule has 2 aromatic rings. The number of ether oxygens (including phenoxy) is 1. The molecular formula is C24H28BClFNO4. The van der Waals surface area contributed by atoms with Crippen LogP contribution in [0.15, 0.2) is 47.9 Å². The first-order valence-corrected chi connectivity index (χ1v) is 10.8. The van der Waals surface area contributed by atoms with Crippen LogP contribution in [0.3, 0.4) is 0 Å². The number of benzene rings is 2. The van der Waals surface area contributed by atoms with Gasteiger partial charge in [-0.2, -0.15) is 0 Å². The molecule has 170 valence electrons. The van der Waals surface area contributed by atoms with Gasteiger partial charge in [0, 0.05) is 17.1 Å². The molecule has 0 aliphatic carbocycles. The first-order valence-electron chi connectivity index (χ1n) is 10.4. The first kappa shape index (κ1) is 24.3. The summed E-state index contributed by atoms with van der Waals surface area (Å²) in [6.07, 6.45) is 0.999. The topological polar surface area (TPSA) is 56.8 Å². The predicted molar refractivity (Wildman–Crippen MR) is 125 cm³/mol. The molecule has 0 aromatic heterocycles. The third kappa shape index (κ3) is 5.71. The number of alkyl carbamates (subject to hydrolysis) is 1. The Hall–Kier alpha value is -2.35. The molecule has 0 bridgehead atoms. The fourth-order valence-electron chi connectivity index (χ4n) is 3.12. The van der Waals surface area contributed by atoms with Crippen LogP contribution < -0.4 is 5.32 Å². The molecule has 0 unspecified atom stereocenters. The number of aryl methyl sites for hydroxylation is 1. The van der Waals surface area contributed by atoms with E-state index in [0.717, 1.165) is 5.56 Å². The van der Waals surface area contributed by atoms with Crippen LogP contribution >= 0.6 is 11.6 Å². The molecule has 1 amide bonds. The smallest absolute Gasteiger partial charge is 0.445 e. The highest BCUT2D eigenvalue weighted by atomic mass is 35.5. The number of hydrogen-bond donors (Lipinski definition) is 1. The normalized spacial score (nSPS) is 17.3. The van der Waals surface area contributed by atoms with E-state index < -0.39 is 30.2 Å². The van der Waals surface area contributed by atoms with Gasteiger partial charge < -0.3 is 19.4 Å². The minimum absolute atomic E-state index is 0.0510. The highest BCUT2D eigenvalue weighted by molar-refractivity contribution is 6.56. The molecule has 0 radical (unpaired) electrons. The molecule has 8 heteroatoms. The van der Waals surface area contributed by atoms with Crippen LogP contribution in [0.25, 0.3) is 6.08 Å². The molecule has 2 aromatic carbocycles. The standard InChI is InChI=1S/C24H28BClFNO4/c1-16-11-21(27)18(13-20(16)26)12-19(25-31-23(2,3)24(4,5)32-25)14-28-22(29)30-15-17-9-7-6-8-10-17/h6-13H,14-15H2,1-5H3,(H,28,29). The Morgan fingerprint density at radius 2 is 1.78 bits per heavy atom. The van der Waals surface area contributed by atoms with Crippen molar-refractivity contribution < 1.29 is 23.2 Å². The van der Waals surface area contributed by atoms with Crippen LogP contribution in [0.5, 0.6) is 0 Å². The Morgan fingerprint density at radius 3 is 2.41 bits per heavy atom. The van der Waals surface area contributed by atoms with Gasteiger partial charge in [-0.05, 0) is 63.4 Å². The fraction of sp³-hybridized carbons (Fsp3) is 0.375. The van der Waals surface area contributed by atoms with E-state index in [2.05, 4.69) is 5.32 Å². The molecule has 1 aliphatic heterocycles. The van der Waals surface area contributed by atoms with Gasteiger partial charge in [-0.15, -0.1) is 0 Å². The number of carbonyl (C=O) groups is 1. The maximum Gasteiger partial charge on any atom is 0.492 e. The van der Waals surface area contributed by atoms with Crippen molar-refractivity contribution >= 4 is 30.9 Å². The highest BCUT2D eigenvalue weighted by Gasteiger charge is 2.52. The van der Waals surface area contributed by atoms with E-state index in [1.807, 2.05) is 58.0 Å². The van der Waals surface area contributed by atoms with Gasteiger partial charge in [0.05, 0.1) is 11.2 Å². The summed E-state index contributed by atoms with van der Waals surface area (Å²) < 4.78 is 32.1. The van der Waals surface area contributed by atoms with Gasteiger partial charge in [-0.25, -0.2) is 9.18 Å². The van der Waals surface area contributed by atoms with E-state index >= 15 is 0 Å². The Morgan fingerprint density at radius 1 is 1.16 bits per heavy atom. The Balaban J connectivity index is 1.78. The molecule has 0 saturated carbocycles. The van der Waals surface area contributed by atoms with Gasteiger partial charge in [0.15, 0.2) is 0 Å². The summed E-state index contributed by atoms with van der Waals surface area (Å²) in [6.45, 7) is 9.63. The van der Waals surface area contributed by atoms with E-state index in [0.29, 0.717) is 16.1 Å². The van der Waals surface area contributed by atoms with Crippen molar-refractivity contribution in [2.75, 3.05) is 6.54 Å². The van der Waals surface area contributed by atoms with Crippen LogP contribution in [0, 0.1) is 12.7 Å². The predicted octanol–water partition coefficient (Wildman–Crippen LogP) is 5.73. The van der Waals surface area contributed by atoms with Crippen LogP contribution in [-0.2, 0) is 20.7 Å². The molecule has 1 saturated heterocycles. The zero-order valence-corrected chi connectivity index (χ0v) is 19.8. The molecular weight excluding hydrogens is 432 g/mol. The van der Waals surface area contributed by atoms with Crippen molar-refractivity contribution in [2.24, 2.45) is 0 Å². The number of halogens is 2. The minimum atomic E-state index is -0.770. The summed E-state index contributed by atoms with van der Waals surface area (Å²) in [5.41, 5.74) is 1.16. The molecule has 5 nitrogen and oxygen atoms in total. The highest BCUT2D eigenvalue weighted by Crippen LogP contribution is 2.39. The number of amides is 1. The Kier molecular flexibility index (Phi) is 7.33. The van der Waals surface area contributed by atoms with Crippen LogP contribution in [0.2, 0.25) is 5.02 Å². The number of carbonyl (C=O) groups excluding carboxylic acids is 1. The lowest BCUT2D eigenvalue weighted by Gasteiger charge is -2.32. The maximum absolute atomic E-state index is 14.6. The first-order chi connectivity index (χ1) is 15.0. The summed E-state index contributed by atoms with van der Waals surface area (Å²) in [5, 5.41) is 3.15. The number of nitrogens with one attached hydrogen (secondary N) is 1. The van der Waals surface area contributed by atoms with E-state index in [1.54, 1.807) is 19.1 Å². The monoisotopic (exact) mass is 459 g/mol. The van der Waals surface area contributed by atoms with Gasteiger partial charge in [0.1, 0.15) is 12.4 Å². The van der Waals surface area contributed by atoms with Crippen LogP contribution in [0.4, 0.5) is 9.18 Å². The van der Waals surface area contributed by atoms with Crippen molar-refractivity contribution in [3.8, 4) is 0 Å². The second kappa shape index (κ2) is 9.65. The Labute approximate surface area is 194 Å². The summed E-state index contributed by atoms with van der Waals surface area (Å²) in [7, 11) is -0.770. The van der Waals surface area contributed by atoms with E-state index in [4.69, 9.17) is 25.6 Å². The molecule has 0 atom stereocenters. The van der Waals surface area contributed by atoms with E-state index in [9.17, 15) is 9.18 Å². The van der Waals surface area contributed by atoms with Gasteiger partial charge in [-0.1, -0.05) is 48.0 Å². The molecule has 1 fully saturated rings. The summed E-state index contributed by atoms with van der Waals surface area (Å²) in [5.74, 6) is -0.424.